The number of nitrogens with zero attached hydrogens (tertiary/aromatic N) is 1. The summed E-state index contributed by atoms with van der Waals surface area (Å²) in [5.41, 5.74) is 9.34. The van der Waals surface area contributed by atoms with Gasteiger partial charge in [0.15, 0.2) is 11.6 Å². The van der Waals surface area contributed by atoms with E-state index in [0.717, 1.165) is 22.3 Å². The van der Waals surface area contributed by atoms with Crippen LogP contribution in [0.3, 0.4) is 0 Å². The topological polar surface area (TPSA) is 38.9 Å². The van der Waals surface area contributed by atoms with Gasteiger partial charge >= 0.3 is 0 Å². The molecule has 1 aromatic carbocycles. The van der Waals surface area contributed by atoms with E-state index in [2.05, 4.69) is 11.1 Å². The molecule has 1 heterocycles. The van der Waals surface area contributed by atoms with Gasteiger partial charge in [0, 0.05) is 11.8 Å². The lowest BCUT2D eigenvalue weighted by molar-refractivity contribution is 0.628. The molecule has 16 heavy (non-hydrogen) atoms. The van der Waals surface area contributed by atoms with Gasteiger partial charge in [0.25, 0.3) is 0 Å². The molecule has 3 heteroatoms. The number of aromatic nitrogens is 1. The molecule has 0 fully saturated rings. The summed E-state index contributed by atoms with van der Waals surface area (Å²) >= 11 is 0. The minimum atomic E-state index is -0.475. The van der Waals surface area contributed by atoms with E-state index in [1.54, 1.807) is 6.20 Å². The molecule has 0 amide bonds. The Morgan fingerprint density at radius 2 is 1.62 bits per heavy atom. The summed E-state index contributed by atoms with van der Waals surface area (Å²) in [6, 6.07) is 7.49. The molecule has 0 saturated heterocycles. The van der Waals surface area contributed by atoms with Gasteiger partial charge in [0.1, 0.15) is 0 Å². The summed E-state index contributed by atoms with van der Waals surface area (Å²) in [5, 5.41) is 0. The van der Waals surface area contributed by atoms with Crippen molar-refractivity contribution < 1.29 is 4.39 Å². The molecule has 0 radical (unpaired) electrons. The molecule has 0 saturated carbocycles. The Morgan fingerprint density at radius 3 is 2.19 bits per heavy atom. The Kier molecular flexibility index (Phi) is 2.60. The first-order valence-electron chi connectivity index (χ1n) is 5.06. The highest BCUT2D eigenvalue weighted by Gasteiger charge is 2.04. The zero-order valence-electron chi connectivity index (χ0n) is 9.29. The Balaban J connectivity index is 2.54. The number of nitrogens with two attached hydrogens (primary N) is 1. The van der Waals surface area contributed by atoms with Crippen LogP contribution in [0, 0.1) is 19.7 Å². The lowest BCUT2D eigenvalue weighted by Crippen LogP contribution is -1.95. The third-order valence-corrected chi connectivity index (χ3v) is 2.42. The third-order valence-electron chi connectivity index (χ3n) is 2.42. The summed E-state index contributed by atoms with van der Waals surface area (Å²) in [4.78, 5) is 3.82. The fraction of sp³-hybridized carbons (Fsp3) is 0.154. The Labute approximate surface area is 93.9 Å². The van der Waals surface area contributed by atoms with Crippen molar-refractivity contribution in [3.05, 3.63) is 47.4 Å². The number of benzene rings is 1. The van der Waals surface area contributed by atoms with Crippen molar-refractivity contribution in [3.8, 4) is 11.1 Å². The predicted octanol–water partition coefficient (Wildman–Crippen LogP) is 3.09. The third kappa shape index (κ3) is 2.03. The monoisotopic (exact) mass is 216 g/mol. The largest absolute Gasteiger partial charge is 0.381 e. The van der Waals surface area contributed by atoms with Crippen molar-refractivity contribution in [1.29, 1.82) is 0 Å². The molecule has 0 spiro atoms. The highest BCUT2D eigenvalue weighted by Crippen LogP contribution is 2.23. The van der Waals surface area contributed by atoms with Gasteiger partial charge in [-0.3, -0.25) is 0 Å². The maximum absolute atomic E-state index is 13.3. The van der Waals surface area contributed by atoms with Crippen molar-refractivity contribution in [3.63, 3.8) is 0 Å². The summed E-state index contributed by atoms with van der Waals surface area (Å²) in [5.74, 6) is -0.537. The molecule has 0 aliphatic rings. The quantitative estimate of drug-likeness (QED) is 0.795. The number of rotatable bonds is 1. The average molecular weight is 216 g/mol. The molecule has 1 aromatic heterocycles. The molecule has 0 aliphatic carbocycles. The molecule has 2 aromatic rings. The van der Waals surface area contributed by atoms with Crippen molar-refractivity contribution in [2.45, 2.75) is 13.8 Å². The van der Waals surface area contributed by atoms with E-state index in [1.807, 2.05) is 26.0 Å². The van der Waals surface area contributed by atoms with Gasteiger partial charge in [0.05, 0.1) is 0 Å². The first-order chi connectivity index (χ1) is 7.56. The molecule has 0 unspecified atom stereocenters. The molecule has 0 aliphatic heterocycles. The number of hydrogen-bond donors (Lipinski definition) is 1. The van der Waals surface area contributed by atoms with E-state index >= 15 is 0 Å². The molecule has 0 atom stereocenters. The van der Waals surface area contributed by atoms with Gasteiger partial charge in [0.2, 0.25) is 0 Å². The highest BCUT2D eigenvalue weighted by molar-refractivity contribution is 5.65. The second-order valence-electron chi connectivity index (χ2n) is 3.97. The number of nitrogen functional groups attached to an aromatic ring is 1. The maximum Gasteiger partial charge on any atom is 0.165 e. The molecule has 2 rings (SSSR count). The number of hydrogen-bond acceptors (Lipinski definition) is 2. The van der Waals surface area contributed by atoms with E-state index in [-0.39, 0.29) is 5.82 Å². The van der Waals surface area contributed by atoms with Gasteiger partial charge in [-0.25, -0.2) is 9.37 Å². The number of halogens is 1. The minimum Gasteiger partial charge on any atom is -0.381 e. The average Bonchev–Trinajstić information content (AvgIpc) is 2.20. The van der Waals surface area contributed by atoms with Crippen LogP contribution in [0.2, 0.25) is 0 Å². The van der Waals surface area contributed by atoms with E-state index in [0.29, 0.717) is 0 Å². The molecule has 2 N–H and O–H groups in total. The van der Waals surface area contributed by atoms with E-state index < -0.39 is 5.82 Å². The predicted molar refractivity (Wildman–Crippen MR) is 63.5 cm³/mol. The second-order valence-corrected chi connectivity index (χ2v) is 3.97. The first-order valence-corrected chi connectivity index (χ1v) is 5.06. The van der Waals surface area contributed by atoms with E-state index in [9.17, 15) is 4.39 Å². The molecule has 0 bridgehead atoms. The molecular weight excluding hydrogens is 203 g/mol. The van der Waals surface area contributed by atoms with E-state index in [1.165, 1.54) is 6.07 Å². The summed E-state index contributed by atoms with van der Waals surface area (Å²) in [6.07, 6.45) is 1.59. The summed E-state index contributed by atoms with van der Waals surface area (Å²) < 4.78 is 13.3. The Bertz CT molecular complexity index is 515. The van der Waals surface area contributed by atoms with Crippen molar-refractivity contribution in [2.75, 3.05) is 5.73 Å². The Hall–Kier alpha value is -1.90. The van der Waals surface area contributed by atoms with Gasteiger partial charge < -0.3 is 5.73 Å². The van der Waals surface area contributed by atoms with E-state index in [4.69, 9.17) is 5.73 Å². The van der Waals surface area contributed by atoms with Crippen LogP contribution in [0.5, 0.6) is 0 Å². The standard InChI is InChI=1S/C13H13FN2/c1-8-3-9(2)5-10(4-8)11-6-12(14)13(15)16-7-11/h3-7H,1-2H3,(H2,15,16). The van der Waals surface area contributed by atoms with Crippen molar-refractivity contribution in [1.82, 2.24) is 4.98 Å². The van der Waals surface area contributed by atoms with Gasteiger partial charge in [-0.1, -0.05) is 29.3 Å². The lowest BCUT2D eigenvalue weighted by Gasteiger charge is -2.05. The summed E-state index contributed by atoms with van der Waals surface area (Å²) in [6.45, 7) is 4.02. The molecule has 2 nitrogen and oxygen atoms in total. The molecule has 82 valence electrons. The van der Waals surface area contributed by atoms with Crippen LogP contribution in [0.4, 0.5) is 10.2 Å². The lowest BCUT2D eigenvalue weighted by atomic mass is 10.0. The van der Waals surface area contributed by atoms with Crippen LogP contribution in [-0.4, -0.2) is 4.98 Å². The van der Waals surface area contributed by atoms with Crippen LogP contribution in [0.25, 0.3) is 11.1 Å². The molecular formula is C13H13FN2. The Morgan fingerprint density at radius 1 is 1.00 bits per heavy atom. The maximum atomic E-state index is 13.3. The highest BCUT2D eigenvalue weighted by atomic mass is 19.1. The normalized spacial score (nSPS) is 10.4. The zero-order chi connectivity index (χ0) is 11.7. The SMILES string of the molecule is Cc1cc(C)cc(-c2cnc(N)c(F)c2)c1. The van der Waals surface area contributed by atoms with Gasteiger partial charge in [-0.05, 0) is 25.5 Å². The van der Waals surface area contributed by atoms with Gasteiger partial charge in [-0.15, -0.1) is 0 Å². The zero-order valence-corrected chi connectivity index (χ0v) is 9.29. The van der Waals surface area contributed by atoms with Crippen LogP contribution in [0.15, 0.2) is 30.5 Å². The first kappa shape index (κ1) is 10.6. The smallest absolute Gasteiger partial charge is 0.165 e. The second kappa shape index (κ2) is 3.93. The minimum absolute atomic E-state index is 0.0619. The fourth-order valence-corrected chi connectivity index (χ4v) is 1.75. The number of pyridine rings is 1. The van der Waals surface area contributed by atoms with Crippen LogP contribution >= 0.6 is 0 Å². The van der Waals surface area contributed by atoms with Crippen LogP contribution in [-0.2, 0) is 0 Å². The number of anilines is 1. The van der Waals surface area contributed by atoms with Crippen LogP contribution < -0.4 is 5.73 Å². The van der Waals surface area contributed by atoms with Crippen molar-refractivity contribution in [2.24, 2.45) is 0 Å². The van der Waals surface area contributed by atoms with Crippen molar-refractivity contribution >= 4 is 5.82 Å². The number of aryl methyl sites for hydroxylation is 2. The fourth-order valence-electron chi connectivity index (χ4n) is 1.75. The summed E-state index contributed by atoms with van der Waals surface area (Å²) in [7, 11) is 0. The van der Waals surface area contributed by atoms with Gasteiger partial charge in [-0.2, -0.15) is 0 Å². The van der Waals surface area contributed by atoms with Crippen LogP contribution in [0.1, 0.15) is 11.1 Å².